The minimum atomic E-state index is 0.0550. The van der Waals surface area contributed by atoms with Gasteiger partial charge in [0.1, 0.15) is 12.1 Å². The Hall–Kier alpha value is -2.43. The number of hydrogen-bond acceptors (Lipinski definition) is 4. The Morgan fingerprint density at radius 2 is 2.11 bits per heavy atom. The van der Waals surface area contributed by atoms with Crippen LogP contribution in [0.25, 0.3) is 0 Å². The average Bonchev–Trinajstić information content (AvgIpc) is 2.65. The van der Waals surface area contributed by atoms with Gasteiger partial charge in [-0.15, -0.1) is 0 Å². The first-order valence-electron chi connectivity index (χ1n) is 5.98. The van der Waals surface area contributed by atoms with Crippen molar-refractivity contribution >= 4 is 5.91 Å². The molecular weight excluding hydrogens is 242 g/mol. The molecule has 5 heteroatoms. The number of amides is 1. The maximum atomic E-state index is 11.8. The summed E-state index contributed by atoms with van der Waals surface area (Å²) in [7, 11) is 1.79. The van der Waals surface area contributed by atoms with Gasteiger partial charge in [0.25, 0.3) is 5.91 Å². The summed E-state index contributed by atoms with van der Waals surface area (Å²) in [6.45, 7) is 2.50. The molecule has 1 aromatic carbocycles. The van der Waals surface area contributed by atoms with Crippen molar-refractivity contribution in [1.82, 2.24) is 14.9 Å². The molecule has 0 radical (unpaired) electrons. The van der Waals surface area contributed by atoms with Crippen LogP contribution in [0.5, 0.6) is 11.6 Å². The predicted octanol–water partition coefficient (Wildman–Crippen LogP) is 2.16. The molecule has 0 fully saturated rings. The van der Waals surface area contributed by atoms with Crippen LogP contribution in [0.4, 0.5) is 0 Å². The highest BCUT2D eigenvalue weighted by Gasteiger charge is 2.24. The number of carbonyl (C=O) groups excluding carboxylic acids is 1. The number of ether oxygens (including phenoxy) is 1. The van der Waals surface area contributed by atoms with Gasteiger partial charge in [0.2, 0.25) is 5.88 Å². The fraction of sp³-hybridized carbons (Fsp3) is 0.214. The summed E-state index contributed by atoms with van der Waals surface area (Å²) in [4.78, 5) is 21.5. The summed E-state index contributed by atoms with van der Waals surface area (Å²) in [6.07, 6.45) is 1.47. The van der Waals surface area contributed by atoms with Crippen LogP contribution < -0.4 is 4.74 Å². The molecule has 0 aliphatic carbocycles. The summed E-state index contributed by atoms with van der Waals surface area (Å²) < 4.78 is 5.67. The van der Waals surface area contributed by atoms with Gasteiger partial charge in [-0.1, -0.05) is 0 Å². The van der Waals surface area contributed by atoms with Gasteiger partial charge >= 0.3 is 0 Å². The van der Waals surface area contributed by atoms with Gasteiger partial charge in [-0.05, 0) is 30.7 Å². The van der Waals surface area contributed by atoms with Gasteiger partial charge in [-0.2, -0.15) is 0 Å². The molecular formula is C14H13N3O2. The van der Waals surface area contributed by atoms with Crippen LogP contribution >= 0.6 is 0 Å². The van der Waals surface area contributed by atoms with Crippen molar-refractivity contribution in [2.45, 2.75) is 13.5 Å². The summed E-state index contributed by atoms with van der Waals surface area (Å²) in [6, 6.07) is 7.23. The van der Waals surface area contributed by atoms with E-state index in [1.54, 1.807) is 30.1 Å². The van der Waals surface area contributed by atoms with E-state index in [1.165, 1.54) is 6.33 Å². The molecule has 0 saturated heterocycles. The SMILES string of the molecule is Cc1cc(Oc2ccc3c(c2)CN(C)C3=O)ncn1. The van der Waals surface area contributed by atoms with Crippen LogP contribution in [0.2, 0.25) is 0 Å². The number of rotatable bonds is 2. The van der Waals surface area contributed by atoms with Crippen molar-refractivity contribution in [3.8, 4) is 11.6 Å². The third kappa shape index (κ3) is 2.14. The Morgan fingerprint density at radius 1 is 1.26 bits per heavy atom. The minimum Gasteiger partial charge on any atom is -0.439 e. The predicted molar refractivity (Wildman–Crippen MR) is 69.1 cm³/mol. The molecule has 1 aliphatic heterocycles. The Labute approximate surface area is 110 Å². The molecule has 19 heavy (non-hydrogen) atoms. The van der Waals surface area contributed by atoms with E-state index >= 15 is 0 Å². The normalized spacial score (nSPS) is 13.6. The van der Waals surface area contributed by atoms with E-state index in [4.69, 9.17) is 4.74 Å². The number of fused-ring (bicyclic) bond motifs is 1. The molecule has 0 bridgehead atoms. The highest BCUT2D eigenvalue weighted by molar-refractivity contribution is 5.98. The third-order valence-electron chi connectivity index (χ3n) is 3.06. The zero-order valence-electron chi connectivity index (χ0n) is 10.8. The molecule has 0 atom stereocenters. The van der Waals surface area contributed by atoms with Gasteiger partial charge < -0.3 is 9.64 Å². The lowest BCUT2D eigenvalue weighted by molar-refractivity contribution is 0.0816. The number of nitrogens with zero attached hydrogens (tertiary/aromatic N) is 3. The van der Waals surface area contributed by atoms with Crippen LogP contribution in [0.1, 0.15) is 21.6 Å². The van der Waals surface area contributed by atoms with E-state index in [0.717, 1.165) is 16.8 Å². The van der Waals surface area contributed by atoms with Crippen molar-refractivity contribution in [3.05, 3.63) is 47.4 Å². The second-order valence-electron chi connectivity index (χ2n) is 4.58. The summed E-state index contributed by atoms with van der Waals surface area (Å²) in [5.41, 5.74) is 2.57. The molecule has 0 N–H and O–H groups in total. The molecule has 0 unspecified atom stereocenters. The maximum absolute atomic E-state index is 11.8. The fourth-order valence-corrected chi connectivity index (χ4v) is 2.11. The maximum Gasteiger partial charge on any atom is 0.254 e. The fourth-order valence-electron chi connectivity index (χ4n) is 2.11. The Morgan fingerprint density at radius 3 is 2.89 bits per heavy atom. The number of aromatic nitrogens is 2. The standard InChI is InChI=1S/C14H13N3O2/c1-9-5-13(16-8-15-9)19-11-3-4-12-10(6-11)7-17(2)14(12)18/h3-6,8H,7H2,1-2H3. The first-order chi connectivity index (χ1) is 9.13. The van der Waals surface area contributed by atoms with E-state index in [1.807, 2.05) is 13.0 Å². The van der Waals surface area contributed by atoms with Crippen LogP contribution in [0.15, 0.2) is 30.6 Å². The first-order valence-corrected chi connectivity index (χ1v) is 5.98. The van der Waals surface area contributed by atoms with Gasteiger partial charge in [0, 0.05) is 30.9 Å². The second-order valence-corrected chi connectivity index (χ2v) is 4.58. The molecule has 0 spiro atoms. The van der Waals surface area contributed by atoms with Crippen molar-refractivity contribution in [1.29, 1.82) is 0 Å². The highest BCUT2D eigenvalue weighted by Crippen LogP contribution is 2.27. The Balaban J connectivity index is 1.88. The van der Waals surface area contributed by atoms with E-state index in [-0.39, 0.29) is 5.91 Å². The summed E-state index contributed by atoms with van der Waals surface area (Å²) >= 11 is 0. The van der Waals surface area contributed by atoms with Crippen molar-refractivity contribution in [2.75, 3.05) is 7.05 Å². The van der Waals surface area contributed by atoms with Gasteiger partial charge in [-0.25, -0.2) is 9.97 Å². The molecule has 1 aliphatic rings. The molecule has 0 saturated carbocycles. The lowest BCUT2D eigenvalue weighted by Gasteiger charge is -2.06. The van der Waals surface area contributed by atoms with Crippen molar-refractivity contribution in [2.24, 2.45) is 0 Å². The van der Waals surface area contributed by atoms with E-state index in [0.29, 0.717) is 18.2 Å². The van der Waals surface area contributed by atoms with Crippen molar-refractivity contribution in [3.63, 3.8) is 0 Å². The molecule has 1 amide bonds. The zero-order valence-corrected chi connectivity index (χ0v) is 10.8. The molecule has 2 heterocycles. The quantitative estimate of drug-likeness (QED) is 0.825. The van der Waals surface area contributed by atoms with E-state index < -0.39 is 0 Å². The van der Waals surface area contributed by atoms with Gasteiger partial charge in [0.05, 0.1) is 0 Å². The number of carbonyl (C=O) groups is 1. The largest absolute Gasteiger partial charge is 0.439 e. The van der Waals surface area contributed by atoms with Crippen LogP contribution in [-0.4, -0.2) is 27.8 Å². The number of aryl methyl sites for hydroxylation is 1. The van der Waals surface area contributed by atoms with E-state index in [2.05, 4.69) is 9.97 Å². The monoisotopic (exact) mass is 255 g/mol. The van der Waals surface area contributed by atoms with Gasteiger partial charge in [-0.3, -0.25) is 4.79 Å². The minimum absolute atomic E-state index is 0.0550. The summed E-state index contributed by atoms with van der Waals surface area (Å²) in [5, 5.41) is 0. The zero-order chi connectivity index (χ0) is 13.4. The highest BCUT2D eigenvalue weighted by atomic mass is 16.5. The molecule has 1 aromatic heterocycles. The molecule has 5 nitrogen and oxygen atoms in total. The van der Waals surface area contributed by atoms with Gasteiger partial charge in [0.15, 0.2) is 0 Å². The third-order valence-corrected chi connectivity index (χ3v) is 3.06. The van der Waals surface area contributed by atoms with Crippen LogP contribution in [-0.2, 0) is 6.54 Å². The molecule has 3 rings (SSSR count). The molecule has 2 aromatic rings. The summed E-state index contributed by atoms with van der Waals surface area (Å²) in [5.74, 6) is 1.24. The average molecular weight is 255 g/mol. The molecule has 96 valence electrons. The topological polar surface area (TPSA) is 55.3 Å². The number of benzene rings is 1. The van der Waals surface area contributed by atoms with Crippen LogP contribution in [0.3, 0.4) is 0 Å². The van der Waals surface area contributed by atoms with Crippen LogP contribution in [0, 0.1) is 6.92 Å². The van der Waals surface area contributed by atoms with E-state index in [9.17, 15) is 4.79 Å². The Bertz CT molecular complexity index is 655. The van der Waals surface area contributed by atoms with Crippen molar-refractivity contribution < 1.29 is 9.53 Å². The smallest absolute Gasteiger partial charge is 0.254 e. The second kappa shape index (κ2) is 4.35. The lowest BCUT2D eigenvalue weighted by Crippen LogP contribution is -2.17. The Kier molecular flexibility index (Phi) is 2.67. The lowest BCUT2D eigenvalue weighted by atomic mass is 10.1. The first kappa shape index (κ1) is 11.6. The number of hydrogen-bond donors (Lipinski definition) is 0.